The third-order valence-corrected chi connectivity index (χ3v) is 3.07. The summed E-state index contributed by atoms with van der Waals surface area (Å²) >= 11 is 0. The minimum absolute atomic E-state index is 0.398. The number of H-pyrrole nitrogens is 1. The van der Waals surface area contributed by atoms with Crippen molar-refractivity contribution in [2.24, 2.45) is 5.92 Å². The van der Waals surface area contributed by atoms with Crippen LogP contribution >= 0.6 is 0 Å². The third kappa shape index (κ3) is 0.934. The molecule has 1 aromatic rings. The van der Waals surface area contributed by atoms with Gasteiger partial charge in [-0.15, -0.1) is 0 Å². The predicted octanol–water partition coefficient (Wildman–Crippen LogP) is 2.80. The Hall–Kier alpha value is -1.40. The maximum atomic E-state index is 13.5. The standard InChI is InChI=1S/C9H5F5N2/c10-8(11)4-2-1-3(4)5-6(8)15-16-7(5)9(12,13)14/h1-4H,(H,15,16)/t3-,4?/m0/s1. The maximum absolute atomic E-state index is 13.5. The summed E-state index contributed by atoms with van der Waals surface area (Å²) in [6.45, 7) is 0. The van der Waals surface area contributed by atoms with Crippen molar-refractivity contribution in [3.05, 3.63) is 29.1 Å². The first-order valence-corrected chi connectivity index (χ1v) is 4.55. The molecule has 16 heavy (non-hydrogen) atoms. The molecule has 2 nitrogen and oxygen atoms in total. The zero-order valence-corrected chi connectivity index (χ0v) is 7.65. The van der Waals surface area contributed by atoms with Gasteiger partial charge in [-0.25, -0.2) is 0 Å². The summed E-state index contributed by atoms with van der Waals surface area (Å²) < 4.78 is 64.6. The van der Waals surface area contributed by atoms with Gasteiger partial charge in [0, 0.05) is 11.5 Å². The summed E-state index contributed by atoms with van der Waals surface area (Å²) in [6, 6.07) is 0. The highest BCUT2D eigenvalue weighted by Gasteiger charge is 2.60. The number of aromatic nitrogens is 2. The Balaban J connectivity index is 2.21. The molecule has 0 aromatic carbocycles. The zero-order valence-electron chi connectivity index (χ0n) is 7.65. The number of hydrogen-bond donors (Lipinski definition) is 1. The number of allylic oxidation sites excluding steroid dienone is 2. The van der Waals surface area contributed by atoms with Gasteiger partial charge in [0.25, 0.3) is 5.92 Å². The molecular weight excluding hydrogens is 231 g/mol. The molecule has 0 saturated heterocycles. The van der Waals surface area contributed by atoms with E-state index in [4.69, 9.17) is 0 Å². The van der Waals surface area contributed by atoms with E-state index < -0.39 is 40.9 Å². The number of alkyl halides is 5. The van der Waals surface area contributed by atoms with Crippen LogP contribution in [0.2, 0.25) is 0 Å². The number of rotatable bonds is 0. The Morgan fingerprint density at radius 2 is 1.94 bits per heavy atom. The Morgan fingerprint density at radius 3 is 2.44 bits per heavy atom. The van der Waals surface area contributed by atoms with Crippen molar-refractivity contribution in [3.8, 4) is 0 Å². The number of nitrogens with one attached hydrogen (secondary N) is 1. The largest absolute Gasteiger partial charge is 0.435 e. The molecule has 3 rings (SSSR count). The van der Waals surface area contributed by atoms with Crippen molar-refractivity contribution in [3.63, 3.8) is 0 Å². The van der Waals surface area contributed by atoms with Crippen molar-refractivity contribution in [1.82, 2.24) is 10.2 Å². The molecule has 7 heteroatoms. The van der Waals surface area contributed by atoms with Crippen LogP contribution in [0.25, 0.3) is 0 Å². The van der Waals surface area contributed by atoms with Crippen LogP contribution in [0.5, 0.6) is 0 Å². The van der Waals surface area contributed by atoms with Crippen LogP contribution in [0.1, 0.15) is 22.9 Å². The lowest BCUT2D eigenvalue weighted by Gasteiger charge is -2.26. The number of aromatic amines is 1. The van der Waals surface area contributed by atoms with Crippen molar-refractivity contribution in [2.45, 2.75) is 18.0 Å². The van der Waals surface area contributed by atoms with Gasteiger partial charge in [-0.2, -0.15) is 27.1 Å². The molecule has 1 aromatic heterocycles. The Morgan fingerprint density at radius 1 is 1.25 bits per heavy atom. The second-order valence-electron chi connectivity index (χ2n) is 3.92. The molecule has 2 aliphatic rings. The molecule has 0 aliphatic heterocycles. The lowest BCUT2D eigenvalue weighted by atomic mass is 9.81. The molecule has 86 valence electrons. The van der Waals surface area contributed by atoms with Gasteiger partial charge in [-0.3, -0.25) is 5.10 Å². The van der Waals surface area contributed by atoms with Gasteiger partial charge in [0.05, 0.1) is 5.92 Å². The number of halogens is 5. The summed E-state index contributed by atoms with van der Waals surface area (Å²) in [5.41, 5.74) is -2.32. The first kappa shape index (κ1) is 9.80. The van der Waals surface area contributed by atoms with Crippen LogP contribution in [-0.4, -0.2) is 10.2 Å². The lowest BCUT2D eigenvalue weighted by molar-refractivity contribution is -0.142. The molecular formula is C9H5F5N2. The quantitative estimate of drug-likeness (QED) is 0.544. The molecule has 0 saturated carbocycles. The number of nitrogens with zero attached hydrogens (tertiary/aromatic N) is 1. The summed E-state index contributed by atoms with van der Waals surface area (Å²) in [7, 11) is 0. The molecule has 0 bridgehead atoms. The molecule has 2 aliphatic carbocycles. The summed E-state index contributed by atoms with van der Waals surface area (Å²) in [6.07, 6.45) is -2.10. The minimum Gasteiger partial charge on any atom is -0.276 e. The van der Waals surface area contributed by atoms with Crippen molar-refractivity contribution >= 4 is 0 Å². The molecule has 1 unspecified atom stereocenters. The fraction of sp³-hybridized carbons (Fsp3) is 0.444. The van der Waals surface area contributed by atoms with E-state index in [9.17, 15) is 22.0 Å². The maximum Gasteiger partial charge on any atom is 0.435 e. The Labute approximate surface area is 86.1 Å². The van der Waals surface area contributed by atoms with Gasteiger partial charge < -0.3 is 0 Å². The third-order valence-electron chi connectivity index (χ3n) is 3.07. The van der Waals surface area contributed by atoms with E-state index in [1.165, 1.54) is 12.2 Å². The van der Waals surface area contributed by atoms with Crippen molar-refractivity contribution in [1.29, 1.82) is 0 Å². The second kappa shape index (κ2) is 2.46. The van der Waals surface area contributed by atoms with Crippen LogP contribution in [0, 0.1) is 5.92 Å². The lowest BCUT2D eigenvalue weighted by Crippen LogP contribution is -2.26. The molecule has 1 heterocycles. The van der Waals surface area contributed by atoms with Gasteiger partial charge in [-0.05, 0) is 0 Å². The van der Waals surface area contributed by atoms with E-state index in [0.717, 1.165) is 0 Å². The Kier molecular flexibility index (Phi) is 1.51. The first-order chi connectivity index (χ1) is 7.33. The number of fused-ring (bicyclic) bond motifs is 3. The summed E-state index contributed by atoms with van der Waals surface area (Å²) in [4.78, 5) is 0. The summed E-state index contributed by atoms with van der Waals surface area (Å²) in [5.74, 6) is -5.29. The van der Waals surface area contributed by atoms with Crippen molar-refractivity contribution in [2.75, 3.05) is 0 Å². The van der Waals surface area contributed by atoms with Gasteiger partial charge >= 0.3 is 6.18 Å². The molecule has 0 spiro atoms. The average Bonchev–Trinajstić information content (AvgIpc) is 2.48. The van der Waals surface area contributed by atoms with E-state index >= 15 is 0 Å². The van der Waals surface area contributed by atoms with Crippen LogP contribution < -0.4 is 0 Å². The molecule has 0 radical (unpaired) electrons. The molecule has 0 fully saturated rings. The fourth-order valence-electron chi connectivity index (χ4n) is 2.27. The van der Waals surface area contributed by atoms with Crippen molar-refractivity contribution < 1.29 is 22.0 Å². The van der Waals surface area contributed by atoms with Crippen LogP contribution in [0.15, 0.2) is 12.2 Å². The highest BCUT2D eigenvalue weighted by Crippen LogP contribution is 2.59. The second-order valence-corrected chi connectivity index (χ2v) is 3.92. The highest BCUT2D eigenvalue weighted by molar-refractivity contribution is 5.48. The molecule has 0 amide bonds. The van der Waals surface area contributed by atoms with E-state index in [2.05, 4.69) is 5.10 Å². The van der Waals surface area contributed by atoms with Crippen LogP contribution in [0.3, 0.4) is 0 Å². The highest BCUT2D eigenvalue weighted by atomic mass is 19.4. The van der Waals surface area contributed by atoms with E-state index in [1.807, 2.05) is 5.10 Å². The average molecular weight is 236 g/mol. The number of hydrogen-bond acceptors (Lipinski definition) is 1. The van der Waals surface area contributed by atoms with Gasteiger partial charge in [-0.1, -0.05) is 12.2 Å². The van der Waals surface area contributed by atoms with Gasteiger partial charge in [0.15, 0.2) is 5.69 Å². The van der Waals surface area contributed by atoms with Crippen LogP contribution in [0.4, 0.5) is 22.0 Å². The zero-order chi connectivity index (χ0) is 11.7. The van der Waals surface area contributed by atoms with E-state index in [0.29, 0.717) is 0 Å². The topological polar surface area (TPSA) is 28.7 Å². The predicted molar refractivity (Wildman–Crippen MR) is 42.9 cm³/mol. The Bertz CT molecular complexity index is 485. The summed E-state index contributed by atoms with van der Waals surface area (Å²) in [5, 5.41) is 4.78. The van der Waals surface area contributed by atoms with Gasteiger partial charge in [0.1, 0.15) is 5.69 Å². The normalized spacial score (nSPS) is 29.8. The smallest absolute Gasteiger partial charge is 0.276 e. The fourth-order valence-corrected chi connectivity index (χ4v) is 2.27. The molecule has 2 atom stereocenters. The monoisotopic (exact) mass is 236 g/mol. The first-order valence-electron chi connectivity index (χ1n) is 4.55. The molecule has 1 N–H and O–H groups in total. The van der Waals surface area contributed by atoms with E-state index in [1.54, 1.807) is 0 Å². The minimum atomic E-state index is -4.70. The van der Waals surface area contributed by atoms with E-state index in [-0.39, 0.29) is 0 Å². The SMILES string of the molecule is FC(F)(F)c1n[nH]c2c1[C@H]1C=CC1C2(F)F. The van der Waals surface area contributed by atoms with Gasteiger partial charge in [0.2, 0.25) is 0 Å². The van der Waals surface area contributed by atoms with Crippen LogP contribution in [-0.2, 0) is 12.1 Å².